The van der Waals surface area contributed by atoms with Gasteiger partial charge in [-0.05, 0) is 6.42 Å². The minimum Gasteiger partial charge on any atom is -0.468 e. The molecule has 0 rings (SSSR count). The highest BCUT2D eigenvalue weighted by Crippen LogP contribution is 1.94. The summed E-state index contributed by atoms with van der Waals surface area (Å²) in [6.45, 7) is 0. The van der Waals surface area contributed by atoms with Crippen molar-refractivity contribution in [2.45, 2.75) is 18.9 Å². The predicted octanol–water partition coefficient (Wildman–Crippen LogP) is -0.0999. The Hall–Kier alpha value is -1.01. The van der Waals surface area contributed by atoms with Crippen molar-refractivity contribution in [3.05, 3.63) is 0 Å². The van der Waals surface area contributed by atoms with E-state index in [0.29, 0.717) is 12.8 Å². The number of carbonyl (C=O) groups is 1. The van der Waals surface area contributed by atoms with Crippen molar-refractivity contribution >= 4 is 5.97 Å². The summed E-state index contributed by atoms with van der Waals surface area (Å²) in [5.41, 5.74) is 5.34. The first kappa shape index (κ1) is 8.99. The maximum absolute atomic E-state index is 10.6. The molecule has 0 saturated heterocycles. The van der Waals surface area contributed by atoms with Crippen molar-refractivity contribution in [2.24, 2.45) is 5.73 Å². The Kier molecular flexibility index (Phi) is 4.34. The maximum atomic E-state index is 10.6. The van der Waals surface area contributed by atoms with Crippen LogP contribution in [0.15, 0.2) is 0 Å². The molecule has 3 heteroatoms. The standard InChI is InChI=1S/C7H11NO2/c1-3-4-5-6(8)7(9)10-2/h1,6H,4-5,8H2,2H3/t6-/m1/s1. The zero-order valence-electron chi connectivity index (χ0n) is 5.96. The lowest BCUT2D eigenvalue weighted by atomic mass is 10.2. The van der Waals surface area contributed by atoms with Crippen LogP contribution in [0.2, 0.25) is 0 Å². The normalized spacial score (nSPS) is 11.7. The highest BCUT2D eigenvalue weighted by molar-refractivity contribution is 5.75. The quantitative estimate of drug-likeness (QED) is 0.441. The fourth-order valence-corrected chi connectivity index (χ4v) is 0.508. The second-order valence-electron chi connectivity index (χ2n) is 1.87. The Labute approximate surface area is 60.5 Å². The van der Waals surface area contributed by atoms with Crippen LogP contribution in [0.4, 0.5) is 0 Å². The average Bonchev–Trinajstić information content (AvgIpc) is 1.98. The van der Waals surface area contributed by atoms with E-state index in [1.54, 1.807) is 0 Å². The van der Waals surface area contributed by atoms with Gasteiger partial charge in [0.25, 0.3) is 0 Å². The molecule has 0 aromatic heterocycles. The Bertz CT molecular complexity index is 148. The number of terminal acetylenes is 1. The molecule has 0 heterocycles. The van der Waals surface area contributed by atoms with E-state index in [1.807, 2.05) is 0 Å². The van der Waals surface area contributed by atoms with Crippen LogP contribution in [0.3, 0.4) is 0 Å². The van der Waals surface area contributed by atoms with E-state index in [2.05, 4.69) is 10.7 Å². The van der Waals surface area contributed by atoms with E-state index in [-0.39, 0.29) is 0 Å². The van der Waals surface area contributed by atoms with Gasteiger partial charge in [-0.3, -0.25) is 4.79 Å². The topological polar surface area (TPSA) is 52.3 Å². The number of rotatable bonds is 3. The molecule has 0 aliphatic rings. The molecule has 1 atom stereocenters. The van der Waals surface area contributed by atoms with Crippen LogP contribution in [0.5, 0.6) is 0 Å². The van der Waals surface area contributed by atoms with E-state index < -0.39 is 12.0 Å². The SMILES string of the molecule is C#CCC[C@@H](N)C(=O)OC. The third-order valence-corrected chi connectivity index (χ3v) is 1.10. The highest BCUT2D eigenvalue weighted by Gasteiger charge is 2.11. The molecule has 56 valence electrons. The lowest BCUT2D eigenvalue weighted by molar-refractivity contribution is -0.142. The van der Waals surface area contributed by atoms with E-state index in [9.17, 15) is 4.79 Å². The molecule has 0 unspecified atom stereocenters. The molecular formula is C7H11NO2. The molecule has 0 radical (unpaired) electrons. The van der Waals surface area contributed by atoms with Gasteiger partial charge in [-0.2, -0.15) is 0 Å². The van der Waals surface area contributed by atoms with Crippen molar-refractivity contribution in [1.29, 1.82) is 0 Å². The fraction of sp³-hybridized carbons (Fsp3) is 0.571. The first-order chi connectivity index (χ1) is 4.72. The first-order valence-corrected chi connectivity index (χ1v) is 2.99. The van der Waals surface area contributed by atoms with Crippen LogP contribution >= 0.6 is 0 Å². The molecule has 10 heavy (non-hydrogen) atoms. The van der Waals surface area contributed by atoms with Gasteiger partial charge in [0.05, 0.1) is 7.11 Å². The average molecular weight is 141 g/mol. The summed E-state index contributed by atoms with van der Waals surface area (Å²) in [7, 11) is 1.30. The zero-order chi connectivity index (χ0) is 7.98. The van der Waals surface area contributed by atoms with E-state index in [4.69, 9.17) is 12.2 Å². The molecule has 0 spiro atoms. The number of carbonyl (C=O) groups excluding carboxylic acids is 1. The van der Waals surface area contributed by atoms with Crippen molar-refractivity contribution in [1.82, 2.24) is 0 Å². The van der Waals surface area contributed by atoms with Gasteiger partial charge in [-0.25, -0.2) is 0 Å². The van der Waals surface area contributed by atoms with E-state index in [1.165, 1.54) is 7.11 Å². The second kappa shape index (κ2) is 4.83. The molecule has 0 saturated carbocycles. The molecule has 0 aliphatic carbocycles. The lowest BCUT2D eigenvalue weighted by Crippen LogP contribution is -2.31. The largest absolute Gasteiger partial charge is 0.468 e. The molecule has 0 fully saturated rings. The van der Waals surface area contributed by atoms with Gasteiger partial charge >= 0.3 is 5.97 Å². The van der Waals surface area contributed by atoms with Gasteiger partial charge in [0.15, 0.2) is 0 Å². The molecule has 0 aliphatic heterocycles. The summed E-state index contributed by atoms with van der Waals surface area (Å²) >= 11 is 0. The smallest absolute Gasteiger partial charge is 0.322 e. The summed E-state index contributed by atoms with van der Waals surface area (Å²) in [6.07, 6.45) is 5.96. The Morgan fingerprint density at radius 2 is 2.50 bits per heavy atom. The molecule has 0 aromatic carbocycles. The molecule has 3 nitrogen and oxygen atoms in total. The highest BCUT2D eigenvalue weighted by atomic mass is 16.5. The third kappa shape index (κ3) is 3.10. The molecule has 2 N–H and O–H groups in total. The van der Waals surface area contributed by atoms with Gasteiger partial charge in [-0.1, -0.05) is 0 Å². The van der Waals surface area contributed by atoms with Crippen molar-refractivity contribution in [3.8, 4) is 12.3 Å². The monoisotopic (exact) mass is 141 g/mol. The van der Waals surface area contributed by atoms with Crippen LogP contribution in [0, 0.1) is 12.3 Å². The molecular weight excluding hydrogens is 130 g/mol. The van der Waals surface area contributed by atoms with E-state index >= 15 is 0 Å². The minimum absolute atomic E-state index is 0.407. The third-order valence-electron chi connectivity index (χ3n) is 1.10. The number of hydrogen-bond acceptors (Lipinski definition) is 3. The van der Waals surface area contributed by atoms with E-state index in [0.717, 1.165) is 0 Å². The maximum Gasteiger partial charge on any atom is 0.322 e. The van der Waals surface area contributed by atoms with Crippen molar-refractivity contribution < 1.29 is 9.53 Å². The minimum atomic E-state index is -0.568. The van der Waals surface area contributed by atoms with Gasteiger partial charge in [-0.15, -0.1) is 12.3 Å². The second-order valence-corrected chi connectivity index (χ2v) is 1.87. The summed E-state index contributed by atoms with van der Waals surface area (Å²) in [5, 5.41) is 0. The predicted molar refractivity (Wildman–Crippen MR) is 38.1 cm³/mol. The number of hydrogen-bond donors (Lipinski definition) is 1. The Balaban J connectivity index is 3.53. The van der Waals surface area contributed by atoms with Crippen LogP contribution in [0.25, 0.3) is 0 Å². The van der Waals surface area contributed by atoms with Crippen molar-refractivity contribution in [3.63, 3.8) is 0 Å². The van der Waals surface area contributed by atoms with Crippen LogP contribution < -0.4 is 5.73 Å². The van der Waals surface area contributed by atoms with Crippen LogP contribution in [0.1, 0.15) is 12.8 Å². The first-order valence-electron chi connectivity index (χ1n) is 2.99. The van der Waals surface area contributed by atoms with Gasteiger partial charge < -0.3 is 10.5 Å². The summed E-state index contributed by atoms with van der Waals surface area (Å²) in [5.74, 6) is 1.98. The molecule has 0 aromatic rings. The Morgan fingerprint density at radius 3 is 2.90 bits per heavy atom. The Morgan fingerprint density at radius 1 is 1.90 bits per heavy atom. The number of ether oxygens (including phenoxy) is 1. The van der Waals surface area contributed by atoms with Crippen LogP contribution in [-0.2, 0) is 9.53 Å². The van der Waals surface area contributed by atoms with Gasteiger partial charge in [0, 0.05) is 6.42 Å². The number of nitrogens with two attached hydrogens (primary N) is 1. The zero-order valence-corrected chi connectivity index (χ0v) is 5.96. The summed E-state index contributed by atoms with van der Waals surface area (Å²) < 4.78 is 4.38. The fourth-order valence-electron chi connectivity index (χ4n) is 0.508. The van der Waals surface area contributed by atoms with Gasteiger partial charge in [0.2, 0.25) is 0 Å². The van der Waals surface area contributed by atoms with Crippen LogP contribution in [-0.4, -0.2) is 19.1 Å². The van der Waals surface area contributed by atoms with Crippen molar-refractivity contribution in [2.75, 3.05) is 7.11 Å². The summed E-state index contributed by atoms with van der Waals surface area (Å²) in [4.78, 5) is 10.6. The molecule has 0 amide bonds. The number of methoxy groups -OCH3 is 1. The number of esters is 1. The van der Waals surface area contributed by atoms with Gasteiger partial charge in [0.1, 0.15) is 6.04 Å². The molecule has 0 bridgehead atoms. The summed E-state index contributed by atoms with van der Waals surface area (Å²) in [6, 6.07) is -0.568. The lowest BCUT2D eigenvalue weighted by Gasteiger charge is -2.05.